The molecular formula is C17H21BrN2O5. The third-order valence-electron chi connectivity index (χ3n) is 4.36. The molecule has 1 aliphatic rings. The van der Waals surface area contributed by atoms with Gasteiger partial charge in [0.15, 0.2) is 0 Å². The molecule has 0 radical (unpaired) electrons. The van der Waals surface area contributed by atoms with Crippen molar-refractivity contribution >= 4 is 33.8 Å². The summed E-state index contributed by atoms with van der Waals surface area (Å²) in [5, 5.41) is 2.68. The number of ether oxygens (including phenoxy) is 2. The molecule has 1 fully saturated rings. The fourth-order valence-corrected chi connectivity index (χ4v) is 3.28. The van der Waals surface area contributed by atoms with Gasteiger partial charge in [0.1, 0.15) is 24.4 Å². The maximum Gasteiger partial charge on any atom is 0.326 e. The average molecular weight is 413 g/mol. The van der Waals surface area contributed by atoms with Gasteiger partial charge in [0.25, 0.3) is 5.91 Å². The first-order valence-electron chi connectivity index (χ1n) is 7.99. The zero-order valence-electron chi connectivity index (χ0n) is 14.4. The van der Waals surface area contributed by atoms with Crippen molar-refractivity contribution in [2.45, 2.75) is 38.8 Å². The van der Waals surface area contributed by atoms with Crippen LogP contribution >= 0.6 is 15.9 Å². The van der Waals surface area contributed by atoms with E-state index in [0.29, 0.717) is 18.6 Å². The maximum atomic E-state index is 12.4. The maximum absolute atomic E-state index is 12.4. The van der Waals surface area contributed by atoms with Crippen LogP contribution in [0.15, 0.2) is 22.7 Å². The van der Waals surface area contributed by atoms with Gasteiger partial charge in [0, 0.05) is 0 Å². The normalized spacial score (nSPS) is 15.9. The molecule has 3 amide bonds. The number of carbonyl (C=O) groups is 3. The smallest absolute Gasteiger partial charge is 0.326 e. The van der Waals surface area contributed by atoms with Gasteiger partial charge in [0.05, 0.1) is 11.6 Å². The Morgan fingerprint density at radius 3 is 2.48 bits per heavy atom. The van der Waals surface area contributed by atoms with Gasteiger partial charge in [0.2, 0.25) is 0 Å². The number of carbonyl (C=O) groups excluding carboxylic acids is 3. The topological polar surface area (TPSA) is 84.9 Å². The number of halogens is 1. The summed E-state index contributed by atoms with van der Waals surface area (Å²) in [6.07, 6.45) is 0.943. The first kappa shape index (κ1) is 19.2. The number of rotatable bonds is 7. The molecule has 0 unspecified atom stereocenters. The highest BCUT2D eigenvalue weighted by molar-refractivity contribution is 9.10. The molecule has 0 saturated carbocycles. The zero-order chi connectivity index (χ0) is 18.6. The lowest BCUT2D eigenvalue weighted by atomic mass is 9.93. The van der Waals surface area contributed by atoms with Gasteiger partial charge in [-0.3, -0.25) is 14.5 Å². The van der Waals surface area contributed by atoms with E-state index < -0.39 is 24.1 Å². The van der Waals surface area contributed by atoms with Crippen molar-refractivity contribution in [1.82, 2.24) is 10.2 Å². The lowest BCUT2D eigenvalue weighted by Crippen LogP contribution is -2.46. The van der Waals surface area contributed by atoms with Gasteiger partial charge in [-0.1, -0.05) is 19.9 Å². The molecule has 1 aliphatic heterocycles. The van der Waals surface area contributed by atoms with Crippen LogP contribution in [0.4, 0.5) is 4.79 Å². The van der Waals surface area contributed by atoms with E-state index in [2.05, 4.69) is 21.2 Å². The quantitative estimate of drug-likeness (QED) is 0.549. The van der Waals surface area contributed by atoms with Gasteiger partial charge in [-0.25, -0.2) is 4.79 Å². The van der Waals surface area contributed by atoms with E-state index in [1.807, 2.05) is 13.8 Å². The second-order valence-electron chi connectivity index (χ2n) is 5.74. The van der Waals surface area contributed by atoms with E-state index in [1.54, 1.807) is 25.3 Å². The molecular weight excluding hydrogens is 392 g/mol. The minimum Gasteiger partial charge on any atom is -0.496 e. The molecule has 1 N–H and O–H groups in total. The summed E-state index contributed by atoms with van der Waals surface area (Å²) < 4.78 is 11.1. The number of urea groups is 1. The number of benzene rings is 1. The Bertz CT molecular complexity index is 688. The first-order valence-corrected chi connectivity index (χ1v) is 8.78. The fraction of sp³-hybridized carbons (Fsp3) is 0.471. The highest BCUT2D eigenvalue weighted by Crippen LogP contribution is 2.26. The SMILES string of the molecule is CCC1(CC)NC(=O)N(CC(=O)OCc2ccc(OC)c(Br)c2)C1=O. The predicted octanol–water partition coefficient (Wildman–Crippen LogP) is 2.61. The van der Waals surface area contributed by atoms with Crippen LogP contribution in [0, 0.1) is 0 Å². The summed E-state index contributed by atoms with van der Waals surface area (Å²) in [4.78, 5) is 37.4. The first-order chi connectivity index (χ1) is 11.9. The molecule has 1 heterocycles. The molecule has 1 saturated heterocycles. The molecule has 1 aromatic rings. The number of hydrogen-bond acceptors (Lipinski definition) is 5. The van der Waals surface area contributed by atoms with E-state index in [-0.39, 0.29) is 12.5 Å². The summed E-state index contributed by atoms with van der Waals surface area (Å²) >= 11 is 3.36. The lowest BCUT2D eigenvalue weighted by Gasteiger charge is -2.22. The Labute approximate surface area is 154 Å². The van der Waals surface area contributed by atoms with Crippen LogP contribution in [0.25, 0.3) is 0 Å². The number of imide groups is 1. The molecule has 0 aromatic heterocycles. The van der Waals surface area contributed by atoms with E-state index >= 15 is 0 Å². The lowest BCUT2D eigenvalue weighted by molar-refractivity contribution is -0.148. The van der Waals surface area contributed by atoms with Gasteiger partial charge in [-0.2, -0.15) is 0 Å². The van der Waals surface area contributed by atoms with Crippen LogP contribution in [0.2, 0.25) is 0 Å². The second-order valence-corrected chi connectivity index (χ2v) is 6.59. The molecule has 8 heteroatoms. The van der Waals surface area contributed by atoms with Crippen molar-refractivity contribution in [1.29, 1.82) is 0 Å². The summed E-state index contributed by atoms with van der Waals surface area (Å²) in [6, 6.07) is 4.74. The molecule has 1 aromatic carbocycles. The molecule has 0 bridgehead atoms. The van der Waals surface area contributed by atoms with Crippen molar-refractivity contribution in [3.05, 3.63) is 28.2 Å². The second kappa shape index (κ2) is 7.86. The van der Waals surface area contributed by atoms with Crippen LogP contribution in [0.3, 0.4) is 0 Å². The number of methoxy groups -OCH3 is 1. The average Bonchev–Trinajstić information content (AvgIpc) is 2.84. The van der Waals surface area contributed by atoms with Crippen molar-refractivity contribution < 1.29 is 23.9 Å². The van der Waals surface area contributed by atoms with Gasteiger partial charge in [-0.15, -0.1) is 0 Å². The minimum absolute atomic E-state index is 0.0395. The Morgan fingerprint density at radius 1 is 1.28 bits per heavy atom. The Kier molecular flexibility index (Phi) is 6.05. The Balaban J connectivity index is 1.95. The van der Waals surface area contributed by atoms with Crippen LogP contribution in [-0.2, 0) is 20.9 Å². The van der Waals surface area contributed by atoms with Crippen molar-refractivity contribution in [2.75, 3.05) is 13.7 Å². The number of esters is 1. The third-order valence-corrected chi connectivity index (χ3v) is 4.98. The molecule has 7 nitrogen and oxygen atoms in total. The standard InChI is InChI=1S/C17H21BrN2O5/c1-4-17(5-2)15(22)20(16(23)19-17)9-14(21)25-10-11-6-7-13(24-3)12(18)8-11/h6-8H,4-5,9-10H2,1-3H3,(H,19,23). The molecule has 0 atom stereocenters. The molecule has 0 spiro atoms. The third kappa shape index (κ3) is 3.95. The molecule has 2 rings (SSSR count). The highest BCUT2D eigenvalue weighted by Gasteiger charge is 2.49. The minimum atomic E-state index is -0.918. The van der Waals surface area contributed by atoms with Gasteiger partial charge >= 0.3 is 12.0 Å². The van der Waals surface area contributed by atoms with E-state index in [0.717, 1.165) is 14.9 Å². The largest absolute Gasteiger partial charge is 0.496 e. The number of hydrogen-bond donors (Lipinski definition) is 1. The van der Waals surface area contributed by atoms with Crippen molar-refractivity contribution in [2.24, 2.45) is 0 Å². The predicted molar refractivity (Wildman–Crippen MR) is 94.0 cm³/mol. The van der Waals surface area contributed by atoms with E-state index in [9.17, 15) is 14.4 Å². The van der Waals surface area contributed by atoms with Crippen LogP contribution in [0.1, 0.15) is 32.3 Å². The van der Waals surface area contributed by atoms with E-state index in [4.69, 9.17) is 9.47 Å². The highest BCUT2D eigenvalue weighted by atomic mass is 79.9. The Hall–Kier alpha value is -2.09. The van der Waals surface area contributed by atoms with Crippen molar-refractivity contribution in [3.8, 4) is 5.75 Å². The molecule has 136 valence electrons. The summed E-state index contributed by atoms with van der Waals surface area (Å²) in [6.45, 7) is 3.29. The monoisotopic (exact) mass is 412 g/mol. The van der Waals surface area contributed by atoms with Crippen LogP contribution in [0.5, 0.6) is 5.75 Å². The van der Waals surface area contributed by atoms with Crippen molar-refractivity contribution in [3.63, 3.8) is 0 Å². The van der Waals surface area contributed by atoms with Crippen LogP contribution in [-0.4, -0.2) is 42.0 Å². The number of amides is 3. The van der Waals surface area contributed by atoms with E-state index in [1.165, 1.54) is 0 Å². The fourth-order valence-electron chi connectivity index (χ4n) is 2.69. The number of nitrogens with zero attached hydrogens (tertiary/aromatic N) is 1. The Morgan fingerprint density at radius 2 is 1.96 bits per heavy atom. The molecule has 0 aliphatic carbocycles. The molecule has 25 heavy (non-hydrogen) atoms. The van der Waals surface area contributed by atoms with Crippen LogP contribution < -0.4 is 10.1 Å². The summed E-state index contributed by atoms with van der Waals surface area (Å²) in [5.74, 6) is -0.352. The van der Waals surface area contributed by atoms with Gasteiger partial charge in [-0.05, 0) is 46.5 Å². The number of nitrogens with one attached hydrogen (secondary N) is 1. The summed E-state index contributed by atoms with van der Waals surface area (Å²) in [5.41, 5.74) is -0.159. The summed E-state index contributed by atoms with van der Waals surface area (Å²) in [7, 11) is 1.56. The van der Waals surface area contributed by atoms with Gasteiger partial charge < -0.3 is 14.8 Å². The zero-order valence-corrected chi connectivity index (χ0v) is 16.0.